The van der Waals surface area contributed by atoms with Crippen molar-refractivity contribution in [2.75, 3.05) is 12.4 Å². The summed E-state index contributed by atoms with van der Waals surface area (Å²) in [6.07, 6.45) is 0.706. The van der Waals surface area contributed by atoms with Crippen LogP contribution in [0.5, 0.6) is 0 Å². The van der Waals surface area contributed by atoms with E-state index >= 15 is 0 Å². The van der Waals surface area contributed by atoms with Crippen LogP contribution in [0.3, 0.4) is 0 Å². The summed E-state index contributed by atoms with van der Waals surface area (Å²) in [4.78, 5) is 10.4. The Balaban J connectivity index is 3.35. The highest BCUT2D eigenvalue weighted by Crippen LogP contribution is 1.84. The van der Waals surface area contributed by atoms with E-state index in [2.05, 4.69) is 4.74 Å². The molecule has 0 N–H and O–H groups in total. The lowest BCUT2D eigenvalue weighted by Crippen LogP contribution is -2.13. The van der Waals surface area contributed by atoms with E-state index in [-0.39, 0.29) is 6.61 Å². The minimum Gasteiger partial charge on any atom is -0.772 e. The highest BCUT2D eigenvalue weighted by molar-refractivity contribution is 7.79. The molecule has 0 fully saturated rings. The predicted octanol–water partition coefficient (Wildman–Crippen LogP) is -0.181. The molecule has 0 aromatic rings. The fourth-order valence-electron chi connectivity index (χ4n) is 0.354. The Kier molecular flexibility index (Phi) is 5.15. The van der Waals surface area contributed by atoms with Gasteiger partial charge in [0.1, 0.15) is 5.75 Å². The van der Waals surface area contributed by atoms with Crippen LogP contribution in [-0.4, -0.2) is 27.1 Å². The second-order valence-electron chi connectivity index (χ2n) is 1.67. The monoisotopic (exact) mass is 165 g/mol. The van der Waals surface area contributed by atoms with E-state index < -0.39 is 22.8 Å². The first kappa shape index (κ1) is 9.58. The van der Waals surface area contributed by atoms with Gasteiger partial charge >= 0.3 is 5.97 Å². The third-order valence-electron chi connectivity index (χ3n) is 0.703. The van der Waals surface area contributed by atoms with Crippen molar-refractivity contribution in [3.8, 4) is 0 Å². The van der Waals surface area contributed by atoms with Crippen molar-refractivity contribution >= 4 is 17.0 Å². The van der Waals surface area contributed by atoms with E-state index in [1.807, 2.05) is 6.92 Å². The molecule has 0 heterocycles. The van der Waals surface area contributed by atoms with Crippen LogP contribution in [0, 0.1) is 0 Å². The van der Waals surface area contributed by atoms with Gasteiger partial charge in [0.25, 0.3) is 0 Å². The summed E-state index contributed by atoms with van der Waals surface area (Å²) < 4.78 is 24.2. The molecule has 0 amide bonds. The SMILES string of the molecule is CCCOC(=O)CS(=O)[O-]. The van der Waals surface area contributed by atoms with E-state index in [0.29, 0.717) is 6.42 Å². The Labute approximate surface area is 61.9 Å². The van der Waals surface area contributed by atoms with Crippen LogP contribution >= 0.6 is 0 Å². The van der Waals surface area contributed by atoms with Gasteiger partial charge < -0.3 is 9.29 Å². The second-order valence-corrected chi connectivity index (χ2v) is 2.56. The van der Waals surface area contributed by atoms with Gasteiger partial charge in [-0.3, -0.25) is 9.00 Å². The summed E-state index contributed by atoms with van der Waals surface area (Å²) in [5, 5.41) is 0. The van der Waals surface area contributed by atoms with Crippen LogP contribution in [0.15, 0.2) is 0 Å². The van der Waals surface area contributed by atoms with Gasteiger partial charge in [0, 0.05) is 0 Å². The molecule has 4 nitrogen and oxygen atoms in total. The molecular weight excluding hydrogens is 156 g/mol. The molecule has 0 aliphatic carbocycles. The molecule has 1 atom stereocenters. The van der Waals surface area contributed by atoms with Gasteiger partial charge in [-0.25, -0.2) is 0 Å². The average Bonchev–Trinajstić information content (AvgIpc) is 1.82. The largest absolute Gasteiger partial charge is 0.772 e. The first-order valence-electron chi connectivity index (χ1n) is 2.88. The fraction of sp³-hybridized carbons (Fsp3) is 0.800. The average molecular weight is 165 g/mol. The maximum atomic E-state index is 10.4. The summed E-state index contributed by atoms with van der Waals surface area (Å²) in [6, 6.07) is 0. The minimum absolute atomic E-state index is 0.288. The Morgan fingerprint density at radius 3 is 2.70 bits per heavy atom. The molecule has 0 saturated carbocycles. The normalized spacial score (nSPS) is 12.6. The Morgan fingerprint density at radius 2 is 2.30 bits per heavy atom. The third-order valence-corrected chi connectivity index (χ3v) is 1.17. The van der Waals surface area contributed by atoms with Gasteiger partial charge in [-0.1, -0.05) is 6.92 Å². The molecule has 0 aromatic carbocycles. The maximum absolute atomic E-state index is 10.4. The van der Waals surface area contributed by atoms with Crippen LogP contribution < -0.4 is 0 Å². The number of rotatable bonds is 4. The van der Waals surface area contributed by atoms with Crippen molar-refractivity contribution in [1.82, 2.24) is 0 Å². The van der Waals surface area contributed by atoms with Crippen LogP contribution in [0.25, 0.3) is 0 Å². The van der Waals surface area contributed by atoms with Gasteiger partial charge in [-0.15, -0.1) is 0 Å². The summed E-state index contributed by atoms with van der Waals surface area (Å²) in [6.45, 7) is 2.12. The van der Waals surface area contributed by atoms with Crippen molar-refractivity contribution in [1.29, 1.82) is 0 Å². The first-order chi connectivity index (χ1) is 4.66. The van der Waals surface area contributed by atoms with Crippen molar-refractivity contribution in [3.05, 3.63) is 0 Å². The molecule has 0 bridgehead atoms. The van der Waals surface area contributed by atoms with Crippen molar-refractivity contribution in [2.45, 2.75) is 13.3 Å². The molecule has 0 saturated heterocycles. The third kappa shape index (κ3) is 5.71. The molecule has 0 aromatic heterocycles. The van der Waals surface area contributed by atoms with E-state index in [0.717, 1.165) is 0 Å². The molecular formula is C5H9O4S-. The second kappa shape index (κ2) is 5.37. The Morgan fingerprint density at radius 1 is 1.70 bits per heavy atom. The topological polar surface area (TPSA) is 66.4 Å². The van der Waals surface area contributed by atoms with Crippen molar-refractivity contribution in [2.24, 2.45) is 0 Å². The number of carbonyl (C=O) groups is 1. The van der Waals surface area contributed by atoms with Crippen LogP contribution in [0.4, 0.5) is 0 Å². The number of hydrogen-bond acceptors (Lipinski definition) is 4. The van der Waals surface area contributed by atoms with Crippen LogP contribution in [-0.2, 0) is 20.6 Å². The summed E-state index contributed by atoms with van der Waals surface area (Å²) >= 11 is -2.32. The number of hydrogen-bond donors (Lipinski definition) is 0. The first-order valence-corrected chi connectivity index (χ1v) is 4.12. The minimum atomic E-state index is -2.32. The van der Waals surface area contributed by atoms with Gasteiger partial charge in [-0.2, -0.15) is 0 Å². The summed E-state index contributed by atoms with van der Waals surface area (Å²) in [5.74, 6) is -1.23. The van der Waals surface area contributed by atoms with Crippen molar-refractivity contribution < 1.29 is 18.3 Å². The highest BCUT2D eigenvalue weighted by Gasteiger charge is 1.99. The lowest BCUT2D eigenvalue weighted by atomic mass is 10.5. The summed E-state index contributed by atoms with van der Waals surface area (Å²) in [5.41, 5.74) is 0. The molecule has 5 heteroatoms. The molecule has 10 heavy (non-hydrogen) atoms. The molecule has 0 radical (unpaired) electrons. The fourth-order valence-corrected chi connectivity index (χ4v) is 0.630. The van der Waals surface area contributed by atoms with Crippen molar-refractivity contribution in [3.63, 3.8) is 0 Å². The molecule has 0 aliphatic rings. The molecule has 60 valence electrons. The van der Waals surface area contributed by atoms with Gasteiger partial charge in [0.2, 0.25) is 0 Å². The van der Waals surface area contributed by atoms with E-state index in [4.69, 9.17) is 0 Å². The lowest BCUT2D eigenvalue weighted by Gasteiger charge is -2.04. The summed E-state index contributed by atoms with van der Waals surface area (Å²) in [7, 11) is 0. The zero-order valence-corrected chi connectivity index (χ0v) is 6.48. The van der Waals surface area contributed by atoms with Gasteiger partial charge in [0.05, 0.1) is 6.61 Å². The zero-order chi connectivity index (χ0) is 7.98. The predicted molar refractivity (Wildman–Crippen MR) is 35.0 cm³/mol. The smallest absolute Gasteiger partial charge is 0.317 e. The zero-order valence-electron chi connectivity index (χ0n) is 5.66. The molecule has 0 aliphatic heterocycles. The molecule has 0 rings (SSSR count). The number of esters is 1. The molecule has 0 spiro atoms. The number of ether oxygens (including phenoxy) is 1. The Hall–Kier alpha value is -0.420. The lowest BCUT2D eigenvalue weighted by molar-refractivity contribution is -0.140. The van der Waals surface area contributed by atoms with Gasteiger partial charge in [0.15, 0.2) is 0 Å². The highest BCUT2D eigenvalue weighted by atomic mass is 32.2. The number of carbonyl (C=O) groups excluding carboxylic acids is 1. The standard InChI is InChI=1S/C5H10O4S/c1-2-3-9-5(6)4-10(7)8/h2-4H2,1H3,(H,7,8)/p-1. The van der Waals surface area contributed by atoms with Gasteiger partial charge in [-0.05, 0) is 17.5 Å². The molecule has 1 unspecified atom stereocenters. The maximum Gasteiger partial charge on any atom is 0.317 e. The van der Waals surface area contributed by atoms with E-state index in [9.17, 15) is 13.6 Å². The van der Waals surface area contributed by atoms with Crippen LogP contribution in [0.2, 0.25) is 0 Å². The van der Waals surface area contributed by atoms with E-state index in [1.165, 1.54) is 0 Å². The quantitative estimate of drug-likeness (QED) is 0.428. The van der Waals surface area contributed by atoms with E-state index in [1.54, 1.807) is 0 Å². The van der Waals surface area contributed by atoms with Crippen LogP contribution in [0.1, 0.15) is 13.3 Å². The Bertz CT molecular complexity index is 134.